The number of halogens is 1. The van der Waals surface area contributed by atoms with Gasteiger partial charge in [-0.15, -0.1) is 0 Å². The van der Waals surface area contributed by atoms with Crippen LogP contribution in [-0.4, -0.2) is 35.8 Å². The molecule has 3 atom stereocenters. The lowest BCUT2D eigenvalue weighted by Gasteiger charge is -2.35. The molecule has 1 aliphatic heterocycles. The van der Waals surface area contributed by atoms with Crippen LogP contribution in [0.5, 0.6) is 0 Å². The van der Waals surface area contributed by atoms with Crippen molar-refractivity contribution in [1.29, 1.82) is 0 Å². The van der Waals surface area contributed by atoms with Gasteiger partial charge in [0.05, 0.1) is 18.2 Å². The summed E-state index contributed by atoms with van der Waals surface area (Å²) in [6, 6.07) is 6.04. The topological polar surface area (TPSA) is 38.8 Å². The molecule has 1 saturated heterocycles. The summed E-state index contributed by atoms with van der Waals surface area (Å²) in [5, 5.41) is 0. The molecule has 0 spiro atoms. The van der Waals surface area contributed by atoms with Crippen LogP contribution in [0.2, 0.25) is 0 Å². The lowest BCUT2D eigenvalue weighted by atomic mass is 9.99. The Bertz CT molecular complexity index is 582. The van der Waals surface area contributed by atoms with Gasteiger partial charge >= 0.3 is 6.09 Å². The lowest BCUT2D eigenvalue weighted by molar-refractivity contribution is -0.00395. The number of hydrogen-bond donors (Lipinski definition) is 0. The van der Waals surface area contributed by atoms with E-state index in [1.807, 2.05) is 26.8 Å². The number of carbonyl (C=O) groups is 1. The van der Waals surface area contributed by atoms with Gasteiger partial charge in [-0.1, -0.05) is 26.0 Å². The zero-order valence-electron chi connectivity index (χ0n) is 15.4. The average molecular weight is 337 g/mol. The Hall–Kier alpha value is -1.62. The highest BCUT2D eigenvalue weighted by Crippen LogP contribution is 2.41. The number of hydrogen-bond acceptors (Lipinski definition) is 3. The number of carbonyl (C=O) groups excluding carboxylic acids is 1. The molecule has 1 fully saturated rings. The highest BCUT2D eigenvalue weighted by Gasteiger charge is 2.47. The van der Waals surface area contributed by atoms with Crippen molar-refractivity contribution in [2.24, 2.45) is 5.92 Å². The van der Waals surface area contributed by atoms with E-state index in [1.165, 1.54) is 12.1 Å². The zero-order valence-corrected chi connectivity index (χ0v) is 15.4. The van der Waals surface area contributed by atoms with E-state index in [4.69, 9.17) is 9.47 Å². The summed E-state index contributed by atoms with van der Waals surface area (Å²) in [4.78, 5) is 14.6. The SMILES string of the molecule is COC1CC(c2cccc(F)c2)N(C(=O)OC(C)(C)C)C1C(C)C. The van der Waals surface area contributed by atoms with E-state index in [-0.39, 0.29) is 36.0 Å². The van der Waals surface area contributed by atoms with Crippen molar-refractivity contribution in [3.05, 3.63) is 35.6 Å². The summed E-state index contributed by atoms with van der Waals surface area (Å²) in [5.74, 6) is -0.111. The minimum absolute atomic E-state index is 0.106. The molecule has 24 heavy (non-hydrogen) atoms. The molecule has 2 rings (SSSR count). The fourth-order valence-electron chi connectivity index (χ4n) is 3.42. The summed E-state index contributed by atoms with van der Waals surface area (Å²) in [6.07, 6.45) is 0.142. The lowest BCUT2D eigenvalue weighted by Crippen LogP contribution is -2.46. The van der Waals surface area contributed by atoms with Gasteiger partial charge in [0, 0.05) is 13.5 Å². The van der Waals surface area contributed by atoms with Gasteiger partial charge in [-0.25, -0.2) is 9.18 Å². The maximum Gasteiger partial charge on any atom is 0.411 e. The van der Waals surface area contributed by atoms with Crippen molar-refractivity contribution in [1.82, 2.24) is 4.90 Å². The Morgan fingerprint density at radius 3 is 2.50 bits per heavy atom. The fraction of sp³-hybridized carbons (Fsp3) is 0.632. The summed E-state index contributed by atoms with van der Waals surface area (Å²) >= 11 is 0. The van der Waals surface area contributed by atoms with Crippen LogP contribution in [0.25, 0.3) is 0 Å². The second-order valence-electron chi connectivity index (χ2n) is 7.70. The second kappa shape index (κ2) is 7.09. The standard InChI is InChI=1S/C19H28FNO3/c1-12(2)17-16(23-6)11-15(13-8-7-9-14(20)10-13)21(17)18(22)24-19(3,4)5/h7-10,12,15-17H,11H2,1-6H3. The minimum atomic E-state index is -0.587. The summed E-state index contributed by atoms with van der Waals surface area (Å²) in [7, 11) is 1.65. The summed E-state index contributed by atoms with van der Waals surface area (Å²) in [5.41, 5.74) is 0.182. The van der Waals surface area contributed by atoms with E-state index in [2.05, 4.69) is 13.8 Å². The first-order valence-corrected chi connectivity index (χ1v) is 8.43. The van der Waals surface area contributed by atoms with Crippen LogP contribution in [0.4, 0.5) is 9.18 Å². The molecule has 134 valence electrons. The average Bonchev–Trinajstić information content (AvgIpc) is 2.85. The molecule has 0 aliphatic carbocycles. The predicted molar refractivity (Wildman–Crippen MR) is 91.3 cm³/mol. The van der Waals surface area contributed by atoms with Crippen LogP contribution in [-0.2, 0) is 9.47 Å². The Kier molecular flexibility index (Phi) is 5.53. The molecule has 4 nitrogen and oxygen atoms in total. The Balaban J connectivity index is 2.41. The van der Waals surface area contributed by atoms with Crippen molar-refractivity contribution in [3.63, 3.8) is 0 Å². The third-order valence-corrected chi connectivity index (χ3v) is 4.32. The normalized spacial score (nSPS) is 24.5. The third-order valence-electron chi connectivity index (χ3n) is 4.32. The minimum Gasteiger partial charge on any atom is -0.444 e. The molecule has 0 radical (unpaired) electrons. The number of amides is 1. The number of benzene rings is 1. The molecule has 1 amide bonds. The van der Waals surface area contributed by atoms with Crippen molar-refractivity contribution in [2.75, 3.05) is 7.11 Å². The fourth-order valence-corrected chi connectivity index (χ4v) is 3.42. The number of likely N-dealkylation sites (tertiary alicyclic amines) is 1. The number of rotatable bonds is 3. The quantitative estimate of drug-likeness (QED) is 0.812. The van der Waals surface area contributed by atoms with E-state index >= 15 is 0 Å². The first-order chi connectivity index (χ1) is 11.1. The Labute approximate surface area is 143 Å². The molecule has 0 saturated carbocycles. The van der Waals surface area contributed by atoms with E-state index in [0.717, 1.165) is 5.56 Å². The molecule has 5 heteroatoms. The Morgan fingerprint density at radius 2 is 2.00 bits per heavy atom. The number of nitrogens with zero attached hydrogens (tertiary/aromatic N) is 1. The maximum absolute atomic E-state index is 13.7. The first-order valence-electron chi connectivity index (χ1n) is 8.43. The van der Waals surface area contributed by atoms with Gasteiger partial charge in [-0.2, -0.15) is 0 Å². The summed E-state index contributed by atoms with van der Waals surface area (Å²) < 4.78 is 24.9. The molecular formula is C19H28FNO3. The zero-order chi connectivity index (χ0) is 18.1. The molecule has 1 aromatic rings. The number of ether oxygens (including phenoxy) is 2. The van der Waals surface area contributed by atoms with Crippen molar-refractivity contribution in [2.45, 2.75) is 64.8 Å². The number of methoxy groups -OCH3 is 1. The van der Waals surface area contributed by atoms with Crippen LogP contribution >= 0.6 is 0 Å². The van der Waals surface area contributed by atoms with Crippen LogP contribution in [0.1, 0.15) is 52.6 Å². The van der Waals surface area contributed by atoms with Crippen LogP contribution in [0, 0.1) is 11.7 Å². The highest BCUT2D eigenvalue weighted by molar-refractivity contribution is 5.70. The maximum atomic E-state index is 13.7. The smallest absolute Gasteiger partial charge is 0.411 e. The van der Waals surface area contributed by atoms with Gasteiger partial charge in [0.2, 0.25) is 0 Å². The molecule has 1 heterocycles. The van der Waals surface area contributed by atoms with Crippen molar-refractivity contribution in [3.8, 4) is 0 Å². The van der Waals surface area contributed by atoms with Gasteiger partial charge < -0.3 is 9.47 Å². The highest BCUT2D eigenvalue weighted by atomic mass is 19.1. The largest absolute Gasteiger partial charge is 0.444 e. The van der Waals surface area contributed by atoms with Gasteiger partial charge in [-0.05, 0) is 44.4 Å². The molecule has 0 N–H and O–H groups in total. The van der Waals surface area contributed by atoms with Gasteiger partial charge in [0.1, 0.15) is 11.4 Å². The van der Waals surface area contributed by atoms with Gasteiger partial charge in [0.25, 0.3) is 0 Å². The third kappa shape index (κ3) is 4.07. The van der Waals surface area contributed by atoms with Crippen LogP contribution in [0.15, 0.2) is 24.3 Å². The van der Waals surface area contributed by atoms with Crippen LogP contribution < -0.4 is 0 Å². The molecular weight excluding hydrogens is 309 g/mol. The predicted octanol–water partition coefficient (Wildman–Crippen LogP) is 4.55. The first kappa shape index (κ1) is 18.7. The van der Waals surface area contributed by atoms with Crippen molar-refractivity contribution >= 4 is 6.09 Å². The second-order valence-corrected chi connectivity index (χ2v) is 7.70. The van der Waals surface area contributed by atoms with Crippen molar-refractivity contribution < 1.29 is 18.7 Å². The molecule has 3 unspecified atom stereocenters. The van der Waals surface area contributed by atoms with Gasteiger partial charge in [-0.3, -0.25) is 4.90 Å². The van der Waals surface area contributed by atoms with E-state index < -0.39 is 5.60 Å². The molecule has 1 aliphatic rings. The van der Waals surface area contributed by atoms with Crippen LogP contribution in [0.3, 0.4) is 0 Å². The van der Waals surface area contributed by atoms with E-state index in [0.29, 0.717) is 6.42 Å². The van der Waals surface area contributed by atoms with E-state index in [9.17, 15) is 9.18 Å². The Morgan fingerprint density at radius 1 is 1.33 bits per heavy atom. The molecule has 0 aromatic heterocycles. The summed E-state index contributed by atoms with van der Waals surface area (Å²) in [6.45, 7) is 9.65. The molecule has 0 bridgehead atoms. The molecule has 1 aromatic carbocycles. The van der Waals surface area contributed by atoms with E-state index in [1.54, 1.807) is 18.1 Å². The van der Waals surface area contributed by atoms with Gasteiger partial charge in [0.15, 0.2) is 0 Å². The monoisotopic (exact) mass is 337 g/mol.